The first-order valence-corrected chi connectivity index (χ1v) is 6.94. The molecule has 0 amide bonds. The second-order valence-electron chi connectivity index (χ2n) is 6.03. The van der Waals surface area contributed by atoms with Gasteiger partial charge in [-0.15, -0.1) is 0 Å². The van der Waals surface area contributed by atoms with Crippen LogP contribution in [0.15, 0.2) is 17.1 Å². The Kier molecular flexibility index (Phi) is 5.71. The highest BCUT2D eigenvalue weighted by Gasteiger charge is 2.13. The number of aliphatic hydroxyl groups excluding tert-OH is 1. The number of aliphatic hydroxyl groups is 1. The topological polar surface area (TPSA) is 70.4 Å². The van der Waals surface area contributed by atoms with Crippen molar-refractivity contribution in [2.45, 2.75) is 45.9 Å². The first kappa shape index (κ1) is 16.7. The minimum Gasteiger partial charge on any atom is -0.390 e. The monoisotopic (exact) mass is 282 g/mol. The zero-order chi connectivity index (χ0) is 15.3. The van der Waals surface area contributed by atoms with Crippen molar-refractivity contribution in [2.24, 2.45) is 0 Å². The maximum absolute atomic E-state index is 11.9. The summed E-state index contributed by atoms with van der Waals surface area (Å²) in [5, 5.41) is 17.2. The van der Waals surface area contributed by atoms with Crippen LogP contribution in [0, 0.1) is 0 Å². The van der Waals surface area contributed by atoms with Gasteiger partial charge in [-0.1, -0.05) is 0 Å². The van der Waals surface area contributed by atoms with Crippen molar-refractivity contribution in [1.29, 1.82) is 0 Å². The van der Waals surface area contributed by atoms with Crippen LogP contribution in [0.4, 0.5) is 5.69 Å². The summed E-state index contributed by atoms with van der Waals surface area (Å²) in [5.74, 6) is 0. The maximum atomic E-state index is 11.9. The standard InChI is InChI=1S/C14H26N4O2/c1-6-17(5)11-7-13(20)18(16-8-11)10-12(19)9-15-14(2,3)4/h7-8,12,15,19H,6,9-10H2,1-5H3. The molecule has 0 aromatic carbocycles. The molecule has 1 unspecified atom stereocenters. The molecule has 0 fully saturated rings. The molecule has 114 valence electrons. The summed E-state index contributed by atoms with van der Waals surface area (Å²) in [6.07, 6.45) is 1.00. The minimum absolute atomic E-state index is 0.0624. The van der Waals surface area contributed by atoms with Gasteiger partial charge in [0.2, 0.25) is 0 Å². The van der Waals surface area contributed by atoms with E-state index in [4.69, 9.17) is 0 Å². The molecule has 20 heavy (non-hydrogen) atoms. The molecule has 6 heteroatoms. The third kappa shape index (κ3) is 5.30. The molecule has 1 rings (SSSR count). The highest BCUT2D eigenvalue weighted by Crippen LogP contribution is 2.06. The summed E-state index contributed by atoms with van der Waals surface area (Å²) in [5.41, 5.74) is 0.529. The summed E-state index contributed by atoms with van der Waals surface area (Å²) < 4.78 is 1.29. The van der Waals surface area contributed by atoms with Gasteiger partial charge >= 0.3 is 0 Å². The molecule has 1 atom stereocenters. The van der Waals surface area contributed by atoms with E-state index in [0.29, 0.717) is 6.54 Å². The van der Waals surface area contributed by atoms with Crippen LogP contribution in [0.2, 0.25) is 0 Å². The van der Waals surface area contributed by atoms with E-state index < -0.39 is 6.10 Å². The molecule has 0 aliphatic rings. The van der Waals surface area contributed by atoms with Gasteiger partial charge in [-0.3, -0.25) is 4.79 Å². The number of hydrogen-bond acceptors (Lipinski definition) is 5. The highest BCUT2D eigenvalue weighted by molar-refractivity contribution is 5.41. The van der Waals surface area contributed by atoms with Crippen molar-refractivity contribution < 1.29 is 5.11 Å². The Morgan fingerprint density at radius 1 is 1.50 bits per heavy atom. The van der Waals surface area contributed by atoms with E-state index in [1.165, 1.54) is 4.68 Å². The van der Waals surface area contributed by atoms with Gasteiger partial charge in [-0.25, -0.2) is 4.68 Å². The Morgan fingerprint density at radius 2 is 2.15 bits per heavy atom. The van der Waals surface area contributed by atoms with Crippen molar-refractivity contribution in [3.63, 3.8) is 0 Å². The van der Waals surface area contributed by atoms with Crippen LogP contribution in [0.1, 0.15) is 27.7 Å². The molecule has 0 saturated carbocycles. The third-order valence-corrected chi connectivity index (χ3v) is 3.02. The van der Waals surface area contributed by atoms with Crippen LogP contribution < -0.4 is 15.8 Å². The molecular formula is C14H26N4O2. The predicted octanol–water partition coefficient (Wildman–Crippen LogP) is 0.448. The third-order valence-electron chi connectivity index (χ3n) is 3.02. The van der Waals surface area contributed by atoms with E-state index in [1.54, 1.807) is 12.3 Å². The summed E-state index contributed by atoms with van der Waals surface area (Å²) in [6.45, 7) is 9.52. The molecule has 1 aromatic heterocycles. The van der Waals surface area contributed by atoms with E-state index in [2.05, 4.69) is 10.4 Å². The van der Waals surface area contributed by atoms with Gasteiger partial charge in [0, 0.05) is 31.7 Å². The Balaban J connectivity index is 2.67. The van der Waals surface area contributed by atoms with Crippen LogP contribution in [0.5, 0.6) is 0 Å². The Labute approximate surface area is 120 Å². The Hall–Kier alpha value is -1.40. The zero-order valence-electron chi connectivity index (χ0n) is 13.1. The van der Waals surface area contributed by atoms with Crippen molar-refractivity contribution in [2.75, 3.05) is 25.0 Å². The fourth-order valence-electron chi connectivity index (χ4n) is 1.64. The quantitative estimate of drug-likeness (QED) is 0.793. The number of aromatic nitrogens is 2. The van der Waals surface area contributed by atoms with Crippen molar-refractivity contribution >= 4 is 5.69 Å². The average molecular weight is 282 g/mol. The minimum atomic E-state index is -0.644. The van der Waals surface area contributed by atoms with Crippen LogP contribution in [-0.4, -0.2) is 46.7 Å². The average Bonchev–Trinajstić information content (AvgIpc) is 2.37. The van der Waals surface area contributed by atoms with Crippen LogP contribution in [-0.2, 0) is 6.54 Å². The SMILES string of the molecule is CCN(C)c1cnn(CC(O)CNC(C)(C)C)c(=O)c1. The van der Waals surface area contributed by atoms with Crippen LogP contribution >= 0.6 is 0 Å². The summed E-state index contributed by atoms with van der Waals surface area (Å²) >= 11 is 0. The van der Waals surface area contributed by atoms with Crippen molar-refractivity contribution in [3.8, 4) is 0 Å². The highest BCUT2D eigenvalue weighted by atomic mass is 16.3. The molecule has 0 aliphatic heterocycles. The van der Waals surface area contributed by atoms with Gasteiger partial charge in [0.05, 0.1) is 24.5 Å². The first-order valence-electron chi connectivity index (χ1n) is 6.94. The second kappa shape index (κ2) is 6.85. The molecule has 0 spiro atoms. The van der Waals surface area contributed by atoms with Gasteiger partial charge in [0.15, 0.2) is 0 Å². The Morgan fingerprint density at radius 3 is 2.65 bits per heavy atom. The Bertz CT molecular complexity index is 479. The molecule has 2 N–H and O–H groups in total. The molecular weight excluding hydrogens is 256 g/mol. The van der Waals surface area contributed by atoms with Gasteiger partial charge in [0.25, 0.3) is 5.56 Å². The molecule has 6 nitrogen and oxygen atoms in total. The number of nitrogens with zero attached hydrogens (tertiary/aromatic N) is 3. The van der Waals surface area contributed by atoms with Gasteiger partial charge in [-0.05, 0) is 27.7 Å². The lowest BCUT2D eigenvalue weighted by atomic mass is 10.1. The normalized spacial score (nSPS) is 13.3. The molecule has 0 bridgehead atoms. The smallest absolute Gasteiger partial charge is 0.268 e. The van der Waals surface area contributed by atoms with E-state index in [1.807, 2.05) is 39.6 Å². The lowest BCUT2D eigenvalue weighted by molar-refractivity contribution is 0.136. The van der Waals surface area contributed by atoms with Gasteiger partial charge < -0.3 is 15.3 Å². The van der Waals surface area contributed by atoms with E-state index in [-0.39, 0.29) is 17.6 Å². The number of nitrogens with one attached hydrogen (secondary N) is 1. The lowest BCUT2D eigenvalue weighted by Gasteiger charge is -2.23. The first-order chi connectivity index (χ1) is 9.23. The number of β-amino-alcohol motifs (C(OH)–C–C–N with tert-alkyl or cyclic N) is 1. The summed E-state index contributed by atoms with van der Waals surface area (Å²) in [4.78, 5) is 13.9. The fourth-order valence-corrected chi connectivity index (χ4v) is 1.64. The van der Waals surface area contributed by atoms with Crippen molar-refractivity contribution in [3.05, 3.63) is 22.6 Å². The summed E-state index contributed by atoms with van der Waals surface area (Å²) in [6, 6.07) is 1.54. The fraction of sp³-hybridized carbons (Fsp3) is 0.714. The van der Waals surface area contributed by atoms with Crippen molar-refractivity contribution in [1.82, 2.24) is 15.1 Å². The summed E-state index contributed by atoms with van der Waals surface area (Å²) in [7, 11) is 1.91. The molecule has 0 aliphatic carbocycles. The number of rotatable bonds is 6. The van der Waals surface area contributed by atoms with E-state index >= 15 is 0 Å². The van der Waals surface area contributed by atoms with Gasteiger partial charge in [0.1, 0.15) is 0 Å². The zero-order valence-corrected chi connectivity index (χ0v) is 13.1. The maximum Gasteiger partial charge on any atom is 0.268 e. The molecule has 1 heterocycles. The van der Waals surface area contributed by atoms with E-state index in [0.717, 1.165) is 12.2 Å². The number of hydrogen-bond donors (Lipinski definition) is 2. The molecule has 0 saturated heterocycles. The second-order valence-corrected chi connectivity index (χ2v) is 6.03. The molecule has 1 aromatic rings. The van der Waals surface area contributed by atoms with E-state index in [9.17, 15) is 9.90 Å². The largest absolute Gasteiger partial charge is 0.390 e. The predicted molar refractivity (Wildman–Crippen MR) is 81.2 cm³/mol. The molecule has 0 radical (unpaired) electrons. The van der Waals surface area contributed by atoms with Gasteiger partial charge in [-0.2, -0.15) is 5.10 Å². The lowest BCUT2D eigenvalue weighted by Crippen LogP contribution is -2.43. The van der Waals surface area contributed by atoms with Crippen LogP contribution in [0.3, 0.4) is 0 Å². The number of anilines is 1. The van der Waals surface area contributed by atoms with Crippen LogP contribution in [0.25, 0.3) is 0 Å².